The Morgan fingerprint density at radius 3 is 2.73 bits per heavy atom. The lowest BCUT2D eigenvalue weighted by molar-refractivity contribution is 0.0600. The molecule has 3 rings (SSSR count). The lowest BCUT2D eigenvalue weighted by Crippen LogP contribution is -2.39. The fourth-order valence-corrected chi connectivity index (χ4v) is 5.44. The summed E-state index contributed by atoms with van der Waals surface area (Å²) in [7, 11) is -0.861. The fourth-order valence-electron chi connectivity index (χ4n) is 3.27. The van der Waals surface area contributed by atoms with Crippen molar-refractivity contribution in [3.05, 3.63) is 46.7 Å². The number of rotatable bonds is 4. The Hall–Kier alpha value is -1.90. The second kappa shape index (κ2) is 7.38. The third-order valence-corrected chi connectivity index (χ3v) is 6.98. The zero-order valence-corrected chi connectivity index (χ0v) is 16.1. The highest BCUT2D eigenvalue weighted by molar-refractivity contribution is 7.89. The minimum absolute atomic E-state index is 0.0759. The molecule has 0 saturated carbocycles. The maximum Gasteiger partial charge on any atom is 0.337 e. The monoisotopic (exact) mass is 397 g/mol. The zero-order valence-electron chi connectivity index (χ0n) is 14.6. The van der Waals surface area contributed by atoms with Crippen molar-refractivity contribution in [3.8, 4) is 0 Å². The van der Waals surface area contributed by atoms with Crippen LogP contribution in [0.3, 0.4) is 0 Å². The van der Waals surface area contributed by atoms with Crippen LogP contribution in [0.4, 0.5) is 0 Å². The highest BCUT2D eigenvalue weighted by Gasteiger charge is 2.37. The number of ether oxygens (including phenoxy) is 1. The third-order valence-electron chi connectivity index (χ3n) is 4.59. The van der Waals surface area contributed by atoms with E-state index in [4.69, 9.17) is 11.6 Å². The van der Waals surface area contributed by atoms with Gasteiger partial charge in [0, 0.05) is 19.8 Å². The summed E-state index contributed by atoms with van der Waals surface area (Å²) in [6.45, 7) is 0.386. The summed E-state index contributed by atoms with van der Waals surface area (Å²) in [4.78, 5) is 11.7. The van der Waals surface area contributed by atoms with Gasteiger partial charge < -0.3 is 4.74 Å². The van der Waals surface area contributed by atoms with Crippen molar-refractivity contribution in [1.29, 1.82) is 0 Å². The number of carbonyl (C=O) groups excluding carboxylic acids is 1. The molecule has 7 nitrogen and oxygen atoms in total. The van der Waals surface area contributed by atoms with Crippen molar-refractivity contribution in [1.82, 2.24) is 14.1 Å². The van der Waals surface area contributed by atoms with Crippen LogP contribution < -0.4 is 0 Å². The molecule has 1 aromatic carbocycles. The molecule has 1 aliphatic heterocycles. The average Bonchev–Trinajstić information content (AvgIpc) is 3.07. The first-order chi connectivity index (χ1) is 12.4. The van der Waals surface area contributed by atoms with E-state index in [1.54, 1.807) is 17.9 Å². The second-order valence-corrected chi connectivity index (χ2v) is 8.41. The largest absolute Gasteiger partial charge is 0.465 e. The van der Waals surface area contributed by atoms with Crippen molar-refractivity contribution in [3.63, 3.8) is 0 Å². The van der Waals surface area contributed by atoms with Crippen LogP contribution in [0, 0.1) is 0 Å². The minimum Gasteiger partial charge on any atom is -0.465 e. The predicted octanol–water partition coefficient (Wildman–Crippen LogP) is 2.78. The zero-order chi connectivity index (χ0) is 18.9. The topological polar surface area (TPSA) is 81.5 Å². The SMILES string of the molecule is COC(=O)c1ccc(Cl)c(S(=O)(=O)N2CCCC[C@@H]2c2ccnn2C)c1. The van der Waals surface area contributed by atoms with Crippen LogP contribution >= 0.6 is 11.6 Å². The lowest BCUT2D eigenvalue weighted by Gasteiger charge is -2.34. The van der Waals surface area contributed by atoms with Crippen LogP contribution in [-0.2, 0) is 21.8 Å². The maximum atomic E-state index is 13.3. The number of hydrogen-bond donors (Lipinski definition) is 0. The van der Waals surface area contributed by atoms with E-state index in [1.807, 2.05) is 6.07 Å². The number of hydrogen-bond acceptors (Lipinski definition) is 5. The van der Waals surface area contributed by atoms with E-state index in [9.17, 15) is 13.2 Å². The number of esters is 1. The highest BCUT2D eigenvalue weighted by atomic mass is 35.5. The van der Waals surface area contributed by atoms with Gasteiger partial charge in [0.25, 0.3) is 0 Å². The number of aryl methyl sites for hydroxylation is 1. The first kappa shape index (κ1) is 18.9. The van der Waals surface area contributed by atoms with Gasteiger partial charge in [-0.3, -0.25) is 4.68 Å². The van der Waals surface area contributed by atoms with Gasteiger partial charge in [-0.15, -0.1) is 0 Å². The van der Waals surface area contributed by atoms with Crippen LogP contribution in [0.25, 0.3) is 0 Å². The Morgan fingerprint density at radius 1 is 1.31 bits per heavy atom. The lowest BCUT2D eigenvalue weighted by atomic mass is 10.0. The van der Waals surface area contributed by atoms with Crippen LogP contribution in [0.2, 0.25) is 5.02 Å². The number of sulfonamides is 1. The van der Waals surface area contributed by atoms with Crippen LogP contribution in [0.5, 0.6) is 0 Å². The molecule has 0 unspecified atom stereocenters. The summed E-state index contributed by atoms with van der Waals surface area (Å²) in [5, 5.41) is 4.23. The molecule has 0 aliphatic carbocycles. The van der Waals surface area contributed by atoms with Gasteiger partial charge in [-0.05, 0) is 37.1 Å². The molecule has 0 amide bonds. The molecule has 1 fully saturated rings. The normalized spacial score (nSPS) is 18.7. The Morgan fingerprint density at radius 2 is 2.08 bits per heavy atom. The van der Waals surface area contributed by atoms with Crippen molar-refractivity contribution >= 4 is 27.6 Å². The van der Waals surface area contributed by atoms with Crippen molar-refractivity contribution in [2.24, 2.45) is 7.05 Å². The molecule has 1 aliphatic rings. The molecule has 0 radical (unpaired) electrons. The van der Waals surface area contributed by atoms with Gasteiger partial charge >= 0.3 is 5.97 Å². The Kier molecular flexibility index (Phi) is 5.36. The molecular weight excluding hydrogens is 378 g/mol. The van der Waals surface area contributed by atoms with E-state index in [0.717, 1.165) is 18.5 Å². The molecule has 0 bridgehead atoms. The molecule has 2 aromatic rings. The quantitative estimate of drug-likeness (QED) is 0.741. The van der Waals surface area contributed by atoms with Gasteiger partial charge in [-0.25, -0.2) is 13.2 Å². The van der Waals surface area contributed by atoms with Gasteiger partial charge in [0.2, 0.25) is 10.0 Å². The summed E-state index contributed by atoms with van der Waals surface area (Å²) in [5.41, 5.74) is 0.970. The van der Waals surface area contributed by atoms with E-state index >= 15 is 0 Å². The predicted molar refractivity (Wildman–Crippen MR) is 96.5 cm³/mol. The molecule has 140 valence electrons. The first-order valence-electron chi connectivity index (χ1n) is 8.24. The molecule has 0 N–H and O–H groups in total. The van der Waals surface area contributed by atoms with Crippen molar-refractivity contribution < 1.29 is 17.9 Å². The number of carbonyl (C=O) groups is 1. The second-order valence-electron chi connectivity index (χ2n) is 6.14. The highest BCUT2D eigenvalue weighted by Crippen LogP contribution is 2.37. The van der Waals surface area contributed by atoms with Gasteiger partial charge in [-0.2, -0.15) is 9.40 Å². The van der Waals surface area contributed by atoms with Gasteiger partial charge in [0.15, 0.2) is 0 Å². The van der Waals surface area contributed by atoms with Crippen LogP contribution in [0.15, 0.2) is 35.4 Å². The molecule has 1 saturated heterocycles. The first-order valence-corrected chi connectivity index (χ1v) is 10.1. The Labute approximate surface area is 157 Å². The molecule has 1 aromatic heterocycles. The van der Waals surface area contributed by atoms with E-state index in [0.29, 0.717) is 13.0 Å². The molecular formula is C17H20ClN3O4S. The number of methoxy groups -OCH3 is 1. The Bertz CT molecular complexity index is 926. The number of nitrogens with zero attached hydrogens (tertiary/aromatic N) is 3. The molecule has 2 heterocycles. The molecule has 1 atom stereocenters. The summed E-state index contributed by atoms with van der Waals surface area (Å²) < 4.78 is 34.5. The van der Waals surface area contributed by atoms with Crippen molar-refractivity contribution in [2.75, 3.05) is 13.7 Å². The average molecular weight is 398 g/mol. The number of benzene rings is 1. The van der Waals surface area contributed by atoms with E-state index in [-0.39, 0.29) is 21.5 Å². The van der Waals surface area contributed by atoms with Crippen molar-refractivity contribution in [2.45, 2.75) is 30.2 Å². The minimum atomic E-state index is -3.90. The van der Waals surface area contributed by atoms with E-state index in [2.05, 4.69) is 9.84 Å². The fraction of sp³-hybridized carbons (Fsp3) is 0.412. The van der Waals surface area contributed by atoms with Gasteiger partial charge in [0.05, 0.1) is 29.4 Å². The van der Waals surface area contributed by atoms with Gasteiger partial charge in [0.1, 0.15) is 4.90 Å². The molecule has 9 heteroatoms. The van der Waals surface area contributed by atoms with Gasteiger partial charge in [-0.1, -0.05) is 18.0 Å². The number of piperidine rings is 1. The Balaban J connectivity index is 2.06. The van der Waals surface area contributed by atoms with Crippen LogP contribution in [-0.4, -0.2) is 42.1 Å². The molecule has 0 spiro atoms. The summed E-state index contributed by atoms with van der Waals surface area (Å²) >= 11 is 6.18. The summed E-state index contributed by atoms with van der Waals surface area (Å²) in [6.07, 6.45) is 4.05. The third kappa shape index (κ3) is 3.36. The summed E-state index contributed by atoms with van der Waals surface area (Å²) in [6, 6.07) is 5.63. The standard InChI is InChI=1S/C17H20ClN3O4S/c1-20-14(8-9-19-20)15-5-3-4-10-21(15)26(23,24)16-11-12(17(22)25-2)6-7-13(16)18/h6-9,11,15H,3-5,10H2,1-2H3/t15-/m1/s1. The van der Waals surface area contributed by atoms with E-state index in [1.165, 1.54) is 29.6 Å². The maximum absolute atomic E-state index is 13.3. The number of halogens is 1. The van der Waals surface area contributed by atoms with E-state index < -0.39 is 16.0 Å². The summed E-state index contributed by atoms with van der Waals surface area (Å²) in [5.74, 6) is -0.611. The smallest absolute Gasteiger partial charge is 0.337 e. The number of aromatic nitrogens is 2. The molecule has 26 heavy (non-hydrogen) atoms. The van der Waals surface area contributed by atoms with Crippen LogP contribution in [0.1, 0.15) is 41.4 Å².